The maximum atomic E-state index is 9.31. The van der Waals surface area contributed by atoms with Crippen molar-refractivity contribution in [1.82, 2.24) is 10.2 Å². The van der Waals surface area contributed by atoms with Gasteiger partial charge in [-0.25, -0.2) is 0 Å². The third-order valence-corrected chi connectivity index (χ3v) is 3.09. The summed E-state index contributed by atoms with van der Waals surface area (Å²) in [5.74, 6) is 0. The minimum atomic E-state index is -0.427. The van der Waals surface area contributed by atoms with Gasteiger partial charge < -0.3 is 4.74 Å². The van der Waals surface area contributed by atoms with E-state index in [1.165, 1.54) is 12.8 Å². The molecule has 1 fully saturated rings. The zero-order chi connectivity index (χ0) is 12.7. The van der Waals surface area contributed by atoms with Crippen molar-refractivity contribution in [2.75, 3.05) is 32.8 Å². The Kier molecular flexibility index (Phi) is 5.90. The van der Waals surface area contributed by atoms with Crippen molar-refractivity contribution in [3.63, 3.8) is 0 Å². The van der Waals surface area contributed by atoms with Crippen LogP contribution >= 0.6 is 0 Å². The standard InChI is InChI=1S/C13H25N3O/c1-4-16(8-9-17-5-2)11-13(3,10-14)15-12-6-7-12/h12,15H,4-9,11H2,1-3H3. The Morgan fingerprint density at radius 1 is 1.47 bits per heavy atom. The first-order chi connectivity index (χ1) is 8.13. The lowest BCUT2D eigenvalue weighted by atomic mass is 10.0. The molecule has 1 saturated carbocycles. The second-order valence-corrected chi connectivity index (χ2v) is 4.93. The molecule has 1 aliphatic rings. The molecule has 0 bridgehead atoms. The van der Waals surface area contributed by atoms with Gasteiger partial charge in [0.15, 0.2) is 0 Å². The average Bonchev–Trinajstić information content (AvgIpc) is 3.12. The molecule has 0 saturated heterocycles. The van der Waals surface area contributed by atoms with Gasteiger partial charge in [-0.3, -0.25) is 10.2 Å². The Morgan fingerprint density at radius 2 is 2.18 bits per heavy atom. The molecule has 1 atom stereocenters. The van der Waals surface area contributed by atoms with Gasteiger partial charge in [0.05, 0.1) is 12.7 Å². The molecule has 0 amide bonds. The minimum absolute atomic E-state index is 0.427. The average molecular weight is 239 g/mol. The summed E-state index contributed by atoms with van der Waals surface area (Å²) in [6.45, 7) is 10.2. The van der Waals surface area contributed by atoms with Gasteiger partial charge in [0, 0.05) is 25.7 Å². The third kappa shape index (κ3) is 5.49. The zero-order valence-corrected chi connectivity index (χ0v) is 11.3. The third-order valence-electron chi connectivity index (χ3n) is 3.09. The quantitative estimate of drug-likeness (QED) is 0.618. The molecule has 1 unspecified atom stereocenters. The fraction of sp³-hybridized carbons (Fsp3) is 0.923. The van der Waals surface area contributed by atoms with Crippen molar-refractivity contribution in [3.8, 4) is 6.07 Å². The fourth-order valence-electron chi connectivity index (χ4n) is 1.93. The first kappa shape index (κ1) is 14.4. The minimum Gasteiger partial charge on any atom is -0.380 e. The SMILES string of the molecule is CCOCCN(CC)CC(C)(C#N)NC1CC1. The van der Waals surface area contributed by atoms with Crippen molar-refractivity contribution in [2.45, 2.75) is 45.2 Å². The van der Waals surface area contributed by atoms with Gasteiger partial charge in [0.1, 0.15) is 5.54 Å². The maximum absolute atomic E-state index is 9.31. The Labute approximate surface area is 105 Å². The van der Waals surface area contributed by atoms with E-state index in [4.69, 9.17) is 4.74 Å². The van der Waals surface area contributed by atoms with Gasteiger partial charge in [-0.05, 0) is 33.2 Å². The number of hydrogen-bond acceptors (Lipinski definition) is 4. The number of rotatable bonds is 9. The van der Waals surface area contributed by atoms with E-state index < -0.39 is 5.54 Å². The van der Waals surface area contributed by atoms with Crippen LogP contribution in [0.2, 0.25) is 0 Å². The second-order valence-electron chi connectivity index (χ2n) is 4.93. The van der Waals surface area contributed by atoms with Gasteiger partial charge in [0.2, 0.25) is 0 Å². The smallest absolute Gasteiger partial charge is 0.116 e. The van der Waals surface area contributed by atoms with Crippen molar-refractivity contribution >= 4 is 0 Å². The molecule has 0 radical (unpaired) electrons. The summed E-state index contributed by atoms with van der Waals surface area (Å²) >= 11 is 0. The zero-order valence-electron chi connectivity index (χ0n) is 11.3. The molecular formula is C13H25N3O. The molecule has 1 rings (SSSR count). The van der Waals surface area contributed by atoms with Crippen LogP contribution in [-0.4, -0.2) is 49.3 Å². The molecule has 1 aliphatic carbocycles. The summed E-state index contributed by atoms with van der Waals surface area (Å²) in [5.41, 5.74) is -0.427. The molecule has 98 valence electrons. The van der Waals surface area contributed by atoms with E-state index >= 15 is 0 Å². The van der Waals surface area contributed by atoms with Crippen LogP contribution in [0.15, 0.2) is 0 Å². The van der Waals surface area contributed by atoms with Gasteiger partial charge in [-0.1, -0.05) is 6.92 Å². The Morgan fingerprint density at radius 3 is 2.65 bits per heavy atom. The topological polar surface area (TPSA) is 48.3 Å². The van der Waals surface area contributed by atoms with E-state index in [9.17, 15) is 5.26 Å². The second kappa shape index (κ2) is 6.95. The Hall–Kier alpha value is -0.630. The molecule has 0 heterocycles. The van der Waals surface area contributed by atoms with E-state index in [1.807, 2.05) is 13.8 Å². The van der Waals surface area contributed by atoms with Crippen molar-refractivity contribution in [1.29, 1.82) is 5.26 Å². The van der Waals surface area contributed by atoms with E-state index in [0.717, 1.165) is 32.8 Å². The van der Waals surface area contributed by atoms with Crippen LogP contribution in [0.25, 0.3) is 0 Å². The molecule has 0 aromatic rings. The van der Waals surface area contributed by atoms with Crippen molar-refractivity contribution in [3.05, 3.63) is 0 Å². The van der Waals surface area contributed by atoms with Crippen LogP contribution in [0.3, 0.4) is 0 Å². The summed E-state index contributed by atoms with van der Waals surface area (Å²) in [6, 6.07) is 2.97. The predicted molar refractivity (Wildman–Crippen MR) is 68.8 cm³/mol. The van der Waals surface area contributed by atoms with Crippen LogP contribution < -0.4 is 5.32 Å². The number of nitriles is 1. The summed E-state index contributed by atoms with van der Waals surface area (Å²) in [5, 5.41) is 12.7. The monoisotopic (exact) mass is 239 g/mol. The van der Waals surface area contributed by atoms with Crippen molar-refractivity contribution < 1.29 is 4.74 Å². The van der Waals surface area contributed by atoms with Crippen LogP contribution in [-0.2, 0) is 4.74 Å². The van der Waals surface area contributed by atoms with Gasteiger partial charge in [0.25, 0.3) is 0 Å². The molecule has 0 aromatic carbocycles. The van der Waals surface area contributed by atoms with Crippen LogP contribution in [0.4, 0.5) is 0 Å². The molecule has 1 N–H and O–H groups in total. The summed E-state index contributed by atoms with van der Waals surface area (Å²) < 4.78 is 5.36. The van der Waals surface area contributed by atoms with Crippen LogP contribution in [0.1, 0.15) is 33.6 Å². The predicted octanol–water partition coefficient (Wildman–Crippen LogP) is 1.38. The summed E-state index contributed by atoms with van der Waals surface area (Å²) in [6.07, 6.45) is 2.42. The number of likely N-dealkylation sites (N-methyl/N-ethyl adjacent to an activating group) is 1. The lowest BCUT2D eigenvalue weighted by molar-refractivity contribution is 0.107. The van der Waals surface area contributed by atoms with Crippen molar-refractivity contribution in [2.24, 2.45) is 0 Å². The molecular weight excluding hydrogens is 214 g/mol. The Bertz CT molecular complexity index is 260. The number of ether oxygens (including phenoxy) is 1. The van der Waals surface area contributed by atoms with E-state index in [2.05, 4.69) is 23.2 Å². The van der Waals surface area contributed by atoms with E-state index in [1.54, 1.807) is 0 Å². The number of hydrogen-bond donors (Lipinski definition) is 1. The molecule has 17 heavy (non-hydrogen) atoms. The molecule has 0 aromatic heterocycles. The summed E-state index contributed by atoms with van der Waals surface area (Å²) in [7, 11) is 0. The highest BCUT2D eigenvalue weighted by atomic mass is 16.5. The molecule has 4 heteroatoms. The van der Waals surface area contributed by atoms with Crippen LogP contribution in [0, 0.1) is 11.3 Å². The lowest BCUT2D eigenvalue weighted by Crippen LogP contribution is -2.51. The largest absolute Gasteiger partial charge is 0.380 e. The maximum Gasteiger partial charge on any atom is 0.116 e. The number of nitrogens with one attached hydrogen (secondary N) is 1. The highest BCUT2D eigenvalue weighted by molar-refractivity contribution is 5.08. The molecule has 0 spiro atoms. The fourth-order valence-corrected chi connectivity index (χ4v) is 1.93. The molecule has 4 nitrogen and oxygen atoms in total. The number of nitrogens with zero attached hydrogens (tertiary/aromatic N) is 2. The lowest BCUT2D eigenvalue weighted by Gasteiger charge is -2.30. The Balaban J connectivity index is 2.37. The van der Waals surface area contributed by atoms with Gasteiger partial charge >= 0.3 is 0 Å². The normalized spacial score (nSPS) is 19.0. The highest BCUT2D eigenvalue weighted by Gasteiger charge is 2.33. The van der Waals surface area contributed by atoms with Gasteiger partial charge in [-0.2, -0.15) is 5.26 Å². The first-order valence-electron chi connectivity index (χ1n) is 6.62. The highest BCUT2D eigenvalue weighted by Crippen LogP contribution is 2.22. The van der Waals surface area contributed by atoms with E-state index in [-0.39, 0.29) is 0 Å². The van der Waals surface area contributed by atoms with Crippen LogP contribution in [0.5, 0.6) is 0 Å². The first-order valence-corrected chi connectivity index (χ1v) is 6.62. The van der Waals surface area contributed by atoms with Gasteiger partial charge in [-0.15, -0.1) is 0 Å². The molecule has 0 aliphatic heterocycles. The van der Waals surface area contributed by atoms with E-state index in [0.29, 0.717) is 6.04 Å². The summed E-state index contributed by atoms with van der Waals surface area (Å²) in [4.78, 5) is 2.27.